The number of fused-ring (bicyclic) bond motifs is 3. The van der Waals surface area contributed by atoms with Gasteiger partial charge in [0, 0.05) is 34.8 Å². The molecule has 5 rings (SSSR count). The Morgan fingerprint density at radius 3 is 1.33 bits per heavy atom. The van der Waals surface area contributed by atoms with Crippen LogP contribution in [0, 0.1) is 33.5 Å². The zero-order chi connectivity index (χ0) is 21.7. The van der Waals surface area contributed by atoms with Crippen molar-refractivity contribution in [2.24, 2.45) is 21.7 Å². The van der Waals surface area contributed by atoms with E-state index in [-0.39, 0.29) is 21.7 Å². The van der Waals surface area contributed by atoms with E-state index in [1.165, 1.54) is 47.0 Å². The zero-order valence-electron chi connectivity index (χ0n) is 20.0. The lowest BCUT2D eigenvalue weighted by Crippen LogP contribution is -2.50. The Morgan fingerprint density at radius 1 is 0.633 bits per heavy atom. The number of hydrogen-bond donors (Lipinski definition) is 0. The van der Waals surface area contributed by atoms with Crippen molar-refractivity contribution in [2.45, 2.75) is 68.2 Å². The van der Waals surface area contributed by atoms with Crippen molar-refractivity contribution < 1.29 is 0 Å². The Kier molecular flexibility index (Phi) is 3.83. The molecule has 1 fully saturated rings. The predicted molar refractivity (Wildman–Crippen MR) is 129 cm³/mol. The van der Waals surface area contributed by atoms with Gasteiger partial charge in [0.1, 0.15) is 10.8 Å². The van der Waals surface area contributed by atoms with Crippen LogP contribution in [0.25, 0.3) is 11.1 Å². The second-order valence-corrected chi connectivity index (χ2v) is 12.2. The van der Waals surface area contributed by atoms with Gasteiger partial charge in [-0.05, 0) is 67.5 Å². The van der Waals surface area contributed by atoms with Gasteiger partial charge in [-0.15, -0.1) is 0 Å². The summed E-state index contributed by atoms with van der Waals surface area (Å²) in [4.78, 5) is 0. The zero-order valence-corrected chi connectivity index (χ0v) is 20.0. The van der Waals surface area contributed by atoms with E-state index in [1.54, 1.807) is 11.1 Å². The van der Waals surface area contributed by atoms with Crippen molar-refractivity contribution in [1.82, 2.24) is 0 Å². The summed E-state index contributed by atoms with van der Waals surface area (Å²) in [6, 6.07) is 9.16. The van der Waals surface area contributed by atoms with E-state index in [0.717, 1.165) is 0 Å². The van der Waals surface area contributed by atoms with Crippen LogP contribution in [0.4, 0.5) is 0 Å². The number of benzene rings is 1. The molecule has 4 aliphatic rings. The normalized spacial score (nSPS) is 30.0. The van der Waals surface area contributed by atoms with Crippen molar-refractivity contribution >= 4 is 11.1 Å². The largest absolute Gasteiger partial charge is 0.137 e. The quantitative estimate of drug-likeness (QED) is 0.386. The highest BCUT2D eigenvalue weighted by Gasteiger charge is 2.70. The summed E-state index contributed by atoms with van der Waals surface area (Å²) in [5.74, 6) is 2.95. The fourth-order valence-corrected chi connectivity index (χ4v) is 6.30. The first-order chi connectivity index (χ1) is 13.9. The molecule has 0 bridgehead atoms. The SMILES string of the molecule is CC(C)(C)[C+]1C=C2CCC3=C[C+](C(C)(C)C)C=C4c5ccccc5C(=C1)[C@]2(C)[C@]34C. The van der Waals surface area contributed by atoms with Gasteiger partial charge in [0.2, 0.25) is 0 Å². The Balaban J connectivity index is 1.85. The summed E-state index contributed by atoms with van der Waals surface area (Å²) in [7, 11) is 0. The fourth-order valence-electron chi connectivity index (χ4n) is 6.30. The molecular formula is C30H36+2. The van der Waals surface area contributed by atoms with Gasteiger partial charge in [-0.25, -0.2) is 0 Å². The molecule has 0 nitrogen and oxygen atoms in total. The van der Waals surface area contributed by atoms with E-state index < -0.39 is 0 Å². The summed E-state index contributed by atoms with van der Waals surface area (Å²) in [5, 5.41) is 0. The molecule has 0 heterocycles. The van der Waals surface area contributed by atoms with Gasteiger partial charge < -0.3 is 0 Å². The Hall–Kier alpha value is -2.08. The lowest BCUT2D eigenvalue weighted by atomic mass is 9.41. The highest BCUT2D eigenvalue weighted by Crippen LogP contribution is 2.73. The first kappa shape index (κ1) is 19.9. The maximum atomic E-state index is 2.56. The molecule has 1 saturated carbocycles. The molecule has 0 unspecified atom stereocenters. The van der Waals surface area contributed by atoms with Crippen LogP contribution in [0.5, 0.6) is 0 Å². The molecule has 1 aromatic rings. The van der Waals surface area contributed by atoms with Crippen LogP contribution in [0.3, 0.4) is 0 Å². The standard InChI is InChI=1S/C30H36/c1-27(2,3)21-15-19-13-14-20-16-22(28(4,5)6)18-26-24-12-10-9-11-23(24)25(17-21)29(19,7)30(20,26)8/h9-12,15-18H,13-14H2,1-8H3/q+2/t29-,30-/m1/s1. The summed E-state index contributed by atoms with van der Waals surface area (Å²) < 4.78 is 0. The maximum absolute atomic E-state index is 2.56. The molecule has 0 aromatic heterocycles. The molecule has 2 atom stereocenters. The van der Waals surface area contributed by atoms with Gasteiger partial charge >= 0.3 is 0 Å². The maximum Gasteiger partial charge on any atom is 0.137 e. The molecule has 0 radical (unpaired) electrons. The average molecular weight is 397 g/mol. The molecule has 0 N–H and O–H groups in total. The smallest absolute Gasteiger partial charge is 0.0603 e. The van der Waals surface area contributed by atoms with Crippen molar-refractivity contribution in [3.05, 3.63) is 82.7 Å². The molecule has 154 valence electrons. The van der Waals surface area contributed by atoms with E-state index >= 15 is 0 Å². The van der Waals surface area contributed by atoms with Crippen LogP contribution < -0.4 is 0 Å². The molecule has 1 aromatic carbocycles. The fraction of sp³-hybridized carbons (Fsp3) is 0.467. The highest BCUT2D eigenvalue weighted by molar-refractivity contribution is 5.97. The number of rotatable bonds is 0. The number of hydrogen-bond acceptors (Lipinski definition) is 0. The Bertz CT molecular complexity index is 957. The van der Waals surface area contributed by atoms with E-state index in [9.17, 15) is 0 Å². The van der Waals surface area contributed by atoms with Crippen LogP contribution in [-0.2, 0) is 0 Å². The van der Waals surface area contributed by atoms with E-state index in [4.69, 9.17) is 0 Å². The minimum absolute atomic E-state index is 0.0232. The summed E-state index contributed by atoms with van der Waals surface area (Å²) in [6.07, 6.45) is 12.5. The third-order valence-corrected chi connectivity index (χ3v) is 8.52. The first-order valence-corrected chi connectivity index (χ1v) is 11.6. The Labute approximate surface area is 183 Å². The average Bonchev–Trinajstić information content (AvgIpc) is 2.65. The molecule has 0 amide bonds. The summed E-state index contributed by atoms with van der Waals surface area (Å²) >= 11 is 0. The monoisotopic (exact) mass is 396 g/mol. The second-order valence-electron chi connectivity index (χ2n) is 12.2. The second kappa shape index (κ2) is 5.78. The van der Waals surface area contributed by atoms with Crippen LogP contribution >= 0.6 is 0 Å². The summed E-state index contributed by atoms with van der Waals surface area (Å²) in [6.45, 7) is 19.1. The lowest BCUT2D eigenvalue weighted by molar-refractivity contribution is 0.249. The van der Waals surface area contributed by atoms with Gasteiger partial charge in [-0.2, -0.15) is 0 Å². The van der Waals surface area contributed by atoms with Crippen molar-refractivity contribution in [3.63, 3.8) is 0 Å². The van der Waals surface area contributed by atoms with Crippen LogP contribution in [0.2, 0.25) is 0 Å². The molecule has 4 aliphatic carbocycles. The minimum Gasteiger partial charge on any atom is -0.0603 e. The van der Waals surface area contributed by atoms with Crippen LogP contribution in [0.1, 0.15) is 79.4 Å². The predicted octanol–water partition coefficient (Wildman–Crippen LogP) is 8.39. The van der Waals surface area contributed by atoms with Crippen molar-refractivity contribution in [3.8, 4) is 0 Å². The first-order valence-electron chi connectivity index (χ1n) is 11.6. The molecule has 0 saturated heterocycles. The Morgan fingerprint density at radius 2 is 1.00 bits per heavy atom. The highest BCUT2D eigenvalue weighted by atomic mass is 14.6. The van der Waals surface area contributed by atoms with Crippen LogP contribution in [-0.4, -0.2) is 0 Å². The number of allylic oxidation sites excluding steroid dienone is 8. The van der Waals surface area contributed by atoms with Crippen LogP contribution in [0.15, 0.2) is 59.7 Å². The van der Waals surface area contributed by atoms with E-state index in [1.807, 2.05) is 0 Å². The third kappa shape index (κ3) is 2.34. The van der Waals surface area contributed by atoms with Gasteiger partial charge in [0.25, 0.3) is 0 Å². The third-order valence-electron chi connectivity index (χ3n) is 8.52. The van der Waals surface area contributed by atoms with Crippen molar-refractivity contribution in [2.75, 3.05) is 0 Å². The van der Waals surface area contributed by atoms with Gasteiger partial charge in [-0.1, -0.05) is 12.1 Å². The molecule has 30 heavy (non-hydrogen) atoms. The molecular weight excluding hydrogens is 360 g/mol. The molecule has 0 heteroatoms. The van der Waals surface area contributed by atoms with Gasteiger partial charge in [0.05, 0.1) is 58.4 Å². The summed E-state index contributed by atoms with van der Waals surface area (Å²) in [5.41, 5.74) is 9.56. The van der Waals surface area contributed by atoms with Gasteiger partial charge in [0.15, 0.2) is 0 Å². The lowest BCUT2D eigenvalue weighted by Gasteiger charge is -2.52. The minimum atomic E-state index is 0.0232. The topological polar surface area (TPSA) is 0 Å². The molecule has 0 aliphatic heterocycles. The van der Waals surface area contributed by atoms with E-state index in [0.29, 0.717) is 0 Å². The molecule has 0 spiro atoms. The van der Waals surface area contributed by atoms with E-state index in [2.05, 4.69) is 104 Å². The van der Waals surface area contributed by atoms with Crippen molar-refractivity contribution in [1.29, 1.82) is 0 Å². The van der Waals surface area contributed by atoms with Gasteiger partial charge in [-0.3, -0.25) is 0 Å².